The summed E-state index contributed by atoms with van der Waals surface area (Å²) in [7, 11) is 0. The normalized spacial score (nSPS) is 19.0. The molecule has 3 rings (SSSR count). The Hall–Kier alpha value is -2.36. The average molecular weight is 310 g/mol. The number of ether oxygens (including phenoxy) is 1. The Morgan fingerprint density at radius 1 is 1.26 bits per heavy atom. The minimum absolute atomic E-state index is 0.114. The van der Waals surface area contributed by atoms with Crippen LogP contribution in [-0.2, 0) is 11.2 Å². The number of aromatic nitrogens is 1. The van der Waals surface area contributed by atoms with E-state index in [4.69, 9.17) is 10.5 Å². The molecule has 1 aliphatic carbocycles. The quantitative estimate of drug-likeness (QED) is 0.905. The zero-order valence-corrected chi connectivity index (χ0v) is 13.8. The van der Waals surface area contributed by atoms with Crippen LogP contribution in [0.1, 0.15) is 43.2 Å². The number of carbonyl (C=O) groups is 1. The SMILES string of the molecule is Cc1cc(-c2ccc3c(c2)CCC(C)(C)C3OC(N)=O)ccn1. The molecule has 1 heterocycles. The van der Waals surface area contributed by atoms with Crippen molar-refractivity contribution in [1.82, 2.24) is 4.98 Å². The molecular weight excluding hydrogens is 288 g/mol. The highest BCUT2D eigenvalue weighted by Crippen LogP contribution is 2.46. The third kappa shape index (κ3) is 3.07. The largest absolute Gasteiger partial charge is 0.441 e. The van der Waals surface area contributed by atoms with Gasteiger partial charge < -0.3 is 10.5 Å². The van der Waals surface area contributed by atoms with E-state index in [2.05, 4.69) is 43.1 Å². The summed E-state index contributed by atoms with van der Waals surface area (Å²) < 4.78 is 5.43. The second-order valence-corrected chi connectivity index (χ2v) is 6.90. The number of rotatable bonds is 2. The summed E-state index contributed by atoms with van der Waals surface area (Å²) in [5.41, 5.74) is 10.8. The van der Waals surface area contributed by atoms with Crippen molar-refractivity contribution in [2.24, 2.45) is 11.1 Å². The van der Waals surface area contributed by atoms with Gasteiger partial charge in [0.2, 0.25) is 0 Å². The van der Waals surface area contributed by atoms with Crippen LogP contribution in [0.15, 0.2) is 36.5 Å². The lowest BCUT2D eigenvalue weighted by molar-refractivity contribution is 0.0147. The molecule has 1 aromatic carbocycles. The molecule has 1 unspecified atom stereocenters. The van der Waals surface area contributed by atoms with Crippen LogP contribution < -0.4 is 5.73 Å². The van der Waals surface area contributed by atoms with Crippen LogP contribution in [0.5, 0.6) is 0 Å². The number of nitrogens with zero attached hydrogens (tertiary/aromatic N) is 1. The Bertz CT molecular complexity index is 753. The van der Waals surface area contributed by atoms with Crippen LogP contribution in [0.4, 0.5) is 4.79 Å². The van der Waals surface area contributed by atoms with Gasteiger partial charge in [-0.3, -0.25) is 4.98 Å². The minimum atomic E-state index is -0.718. The van der Waals surface area contributed by atoms with Gasteiger partial charge >= 0.3 is 6.09 Å². The molecule has 1 atom stereocenters. The molecule has 4 heteroatoms. The van der Waals surface area contributed by atoms with Gasteiger partial charge in [-0.25, -0.2) is 4.79 Å². The monoisotopic (exact) mass is 310 g/mol. The highest BCUT2D eigenvalue weighted by atomic mass is 16.6. The maximum atomic E-state index is 11.3. The first-order valence-electron chi connectivity index (χ1n) is 7.89. The van der Waals surface area contributed by atoms with Crippen molar-refractivity contribution in [1.29, 1.82) is 0 Å². The van der Waals surface area contributed by atoms with E-state index < -0.39 is 6.09 Å². The van der Waals surface area contributed by atoms with Crippen molar-refractivity contribution in [2.45, 2.75) is 39.7 Å². The van der Waals surface area contributed by atoms with E-state index in [-0.39, 0.29) is 11.5 Å². The Morgan fingerprint density at radius 3 is 2.70 bits per heavy atom. The smallest absolute Gasteiger partial charge is 0.405 e. The van der Waals surface area contributed by atoms with Gasteiger partial charge in [0.15, 0.2) is 0 Å². The summed E-state index contributed by atoms with van der Waals surface area (Å²) in [4.78, 5) is 15.5. The molecule has 1 amide bonds. The van der Waals surface area contributed by atoms with Crippen LogP contribution in [-0.4, -0.2) is 11.1 Å². The summed E-state index contributed by atoms with van der Waals surface area (Å²) in [6.45, 7) is 6.22. The van der Waals surface area contributed by atoms with E-state index in [1.165, 1.54) is 5.56 Å². The Morgan fingerprint density at radius 2 is 2.00 bits per heavy atom. The molecule has 0 spiro atoms. The number of fused-ring (bicyclic) bond motifs is 1. The lowest BCUT2D eigenvalue weighted by Gasteiger charge is -2.39. The number of benzene rings is 1. The predicted octanol–water partition coefficient (Wildman–Crippen LogP) is 4.17. The first-order chi connectivity index (χ1) is 10.9. The predicted molar refractivity (Wildman–Crippen MR) is 89.9 cm³/mol. The molecule has 1 aromatic heterocycles. The Kier molecular flexibility index (Phi) is 3.84. The average Bonchev–Trinajstić information content (AvgIpc) is 2.49. The fourth-order valence-electron chi connectivity index (χ4n) is 3.33. The van der Waals surface area contributed by atoms with Crippen molar-refractivity contribution >= 4 is 6.09 Å². The van der Waals surface area contributed by atoms with Crippen LogP contribution in [0.3, 0.4) is 0 Å². The number of aryl methyl sites for hydroxylation is 2. The second kappa shape index (κ2) is 5.69. The standard InChI is InChI=1S/C19H22N2O2/c1-12-10-14(7-9-21-12)13-4-5-16-15(11-13)6-8-19(2,3)17(16)23-18(20)22/h4-5,7,9-11,17H,6,8H2,1-3H3,(H2,20,22). The van der Waals surface area contributed by atoms with E-state index >= 15 is 0 Å². The van der Waals surface area contributed by atoms with Crippen molar-refractivity contribution in [3.63, 3.8) is 0 Å². The fraction of sp³-hybridized carbons (Fsp3) is 0.368. The highest BCUT2D eigenvalue weighted by Gasteiger charge is 2.38. The summed E-state index contributed by atoms with van der Waals surface area (Å²) in [6, 6.07) is 10.4. The van der Waals surface area contributed by atoms with Gasteiger partial charge in [-0.15, -0.1) is 0 Å². The minimum Gasteiger partial charge on any atom is -0.441 e. The molecule has 2 aromatic rings. The van der Waals surface area contributed by atoms with E-state index in [0.29, 0.717) is 0 Å². The summed E-state index contributed by atoms with van der Waals surface area (Å²) >= 11 is 0. The highest BCUT2D eigenvalue weighted by molar-refractivity contribution is 5.67. The molecule has 2 N–H and O–H groups in total. The molecule has 0 radical (unpaired) electrons. The van der Waals surface area contributed by atoms with E-state index in [0.717, 1.165) is 35.2 Å². The number of carbonyl (C=O) groups excluding carboxylic acids is 1. The molecule has 0 saturated carbocycles. The molecule has 0 fully saturated rings. The van der Waals surface area contributed by atoms with E-state index in [1.54, 1.807) is 0 Å². The first kappa shape index (κ1) is 15.5. The fourth-order valence-corrected chi connectivity index (χ4v) is 3.33. The van der Waals surface area contributed by atoms with Gasteiger partial charge in [-0.1, -0.05) is 32.0 Å². The number of amides is 1. The van der Waals surface area contributed by atoms with E-state index in [1.807, 2.05) is 19.2 Å². The lowest BCUT2D eigenvalue weighted by atomic mass is 9.71. The van der Waals surface area contributed by atoms with Gasteiger partial charge in [0.05, 0.1) is 0 Å². The number of nitrogens with two attached hydrogens (primary N) is 1. The summed E-state index contributed by atoms with van der Waals surface area (Å²) in [5.74, 6) is 0. The van der Waals surface area contributed by atoms with Crippen LogP contribution in [0.2, 0.25) is 0 Å². The maximum Gasteiger partial charge on any atom is 0.405 e. The first-order valence-corrected chi connectivity index (χ1v) is 7.89. The van der Waals surface area contributed by atoms with Crippen molar-refractivity contribution in [2.75, 3.05) is 0 Å². The Labute approximate surface area is 136 Å². The molecule has 0 aliphatic heterocycles. The maximum absolute atomic E-state index is 11.3. The molecule has 120 valence electrons. The number of pyridine rings is 1. The topological polar surface area (TPSA) is 65.2 Å². The molecule has 4 nitrogen and oxygen atoms in total. The second-order valence-electron chi connectivity index (χ2n) is 6.90. The molecule has 23 heavy (non-hydrogen) atoms. The van der Waals surface area contributed by atoms with Crippen LogP contribution >= 0.6 is 0 Å². The number of hydrogen-bond acceptors (Lipinski definition) is 3. The third-order valence-corrected chi connectivity index (χ3v) is 4.64. The van der Waals surface area contributed by atoms with Gasteiger partial charge in [0.1, 0.15) is 6.10 Å². The summed E-state index contributed by atoms with van der Waals surface area (Å²) in [6.07, 6.45) is 2.74. The molecular formula is C19H22N2O2. The zero-order valence-electron chi connectivity index (χ0n) is 13.8. The number of hydrogen-bond donors (Lipinski definition) is 1. The van der Waals surface area contributed by atoms with Crippen LogP contribution in [0, 0.1) is 12.3 Å². The zero-order chi connectivity index (χ0) is 16.6. The van der Waals surface area contributed by atoms with Gasteiger partial charge in [0, 0.05) is 17.3 Å². The van der Waals surface area contributed by atoms with Gasteiger partial charge in [-0.05, 0) is 54.2 Å². The number of primary amides is 1. The third-order valence-electron chi connectivity index (χ3n) is 4.64. The van der Waals surface area contributed by atoms with E-state index in [9.17, 15) is 4.79 Å². The molecule has 0 saturated heterocycles. The van der Waals surface area contributed by atoms with Gasteiger partial charge in [0.25, 0.3) is 0 Å². The lowest BCUT2D eigenvalue weighted by Crippen LogP contribution is -2.33. The summed E-state index contributed by atoms with van der Waals surface area (Å²) in [5, 5.41) is 0. The van der Waals surface area contributed by atoms with Crippen molar-refractivity contribution in [3.8, 4) is 11.1 Å². The van der Waals surface area contributed by atoms with Crippen molar-refractivity contribution in [3.05, 3.63) is 53.3 Å². The molecule has 1 aliphatic rings. The van der Waals surface area contributed by atoms with Gasteiger partial charge in [-0.2, -0.15) is 0 Å². The van der Waals surface area contributed by atoms with Crippen LogP contribution in [0.25, 0.3) is 11.1 Å². The Balaban J connectivity index is 2.02. The molecule has 0 bridgehead atoms. The van der Waals surface area contributed by atoms with Crippen molar-refractivity contribution < 1.29 is 9.53 Å².